The number of amides is 1. The minimum absolute atomic E-state index is 0.0117. The van der Waals surface area contributed by atoms with Crippen LogP contribution >= 0.6 is 0 Å². The highest BCUT2D eigenvalue weighted by Gasteiger charge is 2.29. The zero-order valence-electron chi connectivity index (χ0n) is 8.91. The first-order valence-electron chi connectivity index (χ1n) is 5.08. The standard InChI is InChI=1S/C11H14N2O2/c1-7-3-6-10(15-7)8(2)12-13-11(14)9-4-5-9/h3,6,9H,4-5H2,1-2H3,(H,13,14)/b12-8-. The molecule has 4 heteroatoms. The van der Waals surface area contributed by atoms with E-state index in [0.717, 1.165) is 18.6 Å². The molecule has 1 aliphatic rings. The van der Waals surface area contributed by atoms with Crippen LogP contribution in [0.1, 0.15) is 31.3 Å². The molecule has 0 radical (unpaired) electrons. The van der Waals surface area contributed by atoms with Crippen LogP contribution in [-0.4, -0.2) is 11.6 Å². The molecule has 0 unspecified atom stereocenters. The molecule has 0 saturated heterocycles. The van der Waals surface area contributed by atoms with Gasteiger partial charge in [-0.25, -0.2) is 5.43 Å². The molecule has 1 N–H and O–H groups in total. The predicted molar refractivity (Wildman–Crippen MR) is 56.5 cm³/mol. The van der Waals surface area contributed by atoms with Gasteiger partial charge in [0, 0.05) is 5.92 Å². The second-order valence-corrected chi connectivity index (χ2v) is 3.86. The molecule has 0 aromatic carbocycles. The lowest BCUT2D eigenvalue weighted by Crippen LogP contribution is -2.20. The fraction of sp³-hybridized carbons (Fsp3) is 0.455. The Balaban J connectivity index is 1.97. The molecule has 4 nitrogen and oxygen atoms in total. The van der Waals surface area contributed by atoms with Crippen LogP contribution in [0, 0.1) is 12.8 Å². The van der Waals surface area contributed by atoms with E-state index in [2.05, 4.69) is 10.5 Å². The minimum atomic E-state index is 0.0117. The summed E-state index contributed by atoms with van der Waals surface area (Å²) in [7, 11) is 0. The zero-order valence-corrected chi connectivity index (χ0v) is 8.91. The number of carbonyl (C=O) groups excluding carboxylic acids is 1. The van der Waals surface area contributed by atoms with Crippen molar-refractivity contribution >= 4 is 11.6 Å². The number of carbonyl (C=O) groups is 1. The summed E-state index contributed by atoms with van der Waals surface area (Å²) in [4.78, 5) is 11.3. The fourth-order valence-corrected chi connectivity index (χ4v) is 1.26. The third-order valence-corrected chi connectivity index (χ3v) is 2.38. The van der Waals surface area contributed by atoms with Crippen LogP contribution in [0.3, 0.4) is 0 Å². The van der Waals surface area contributed by atoms with Crippen molar-refractivity contribution in [1.82, 2.24) is 5.43 Å². The summed E-state index contributed by atoms with van der Waals surface area (Å²) < 4.78 is 5.37. The molecule has 1 heterocycles. The Bertz CT molecular complexity index is 402. The van der Waals surface area contributed by atoms with Crippen LogP contribution in [0.15, 0.2) is 21.7 Å². The number of furan rings is 1. The van der Waals surface area contributed by atoms with E-state index in [1.807, 2.05) is 26.0 Å². The van der Waals surface area contributed by atoms with Gasteiger partial charge in [0.15, 0.2) is 0 Å². The summed E-state index contributed by atoms with van der Waals surface area (Å²) in [5, 5.41) is 3.99. The molecule has 2 rings (SSSR count). The van der Waals surface area contributed by atoms with Gasteiger partial charge in [0.2, 0.25) is 5.91 Å². The third kappa shape index (κ3) is 2.46. The number of hydrazone groups is 1. The summed E-state index contributed by atoms with van der Waals surface area (Å²) in [6.07, 6.45) is 1.97. The lowest BCUT2D eigenvalue weighted by Gasteiger charge is -1.98. The quantitative estimate of drug-likeness (QED) is 0.606. The highest BCUT2D eigenvalue weighted by atomic mass is 16.3. The first-order chi connectivity index (χ1) is 7.16. The van der Waals surface area contributed by atoms with E-state index >= 15 is 0 Å². The minimum Gasteiger partial charge on any atom is -0.460 e. The van der Waals surface area contributed by atoms with E-state index in [1.165, 1.54) is 0 Å². The maximum Gasteiger partial charge on any atom is 0.243 e. The van der Waals surface area contributed by atoms with Crippen molar-refractivity contribution in [2.24, 2.45) is 11.0 Å². The molecule has 0 spiro atoms. The van der Waals surface area contributed by atoms with Crippen LogP contribution < -0.4 is 5.43 Å². The average Bonchev–Trinajstić information content (AvgIpc) is 2.97. The van der Waals surface area contributed by atoms with Gasteiger partial charge >= 0.3 is 0 Å². The second kappa shape index (κ2) is 3.88. The van der Waals surface area contributed by atoms with Crippen molar-refractivity contribution < 1.29 is 9.21 Å². The maximum atomic E-state index is 11.3. The smallest absolute Gasteiger partial charge is 0.243 e. The summed E-state index contributed by atoms with van der Waals surface area (Å²) >= 11 is 0. The van der Waals surface area contributed by atoms with E-state index in [1.54, 1.807) is 0 Å². The van der Waals surface area contributed by atoms with Crippen LogP contribution in [0.5, 0.6) is 0 Å². The second-order valence-electron chi connectivity index (χ2n) is 3.86. The molecule has 15 heavy (non-hydrogen) atoms. The van der Waals surface area contributed by atoms with Gasteiger partial charge in [-0.1, -0.05) is 0 Å². The van der Waals surface area contributed by atoms with Crippen molar-refractivity contribution in [1.29, 1.82) is 0 Å². The lowest BCUT2D eigenvalue weighted by atomic mass is 10.3. The molecule has 0 bridgehead atoms. The van der Waals surface area contributed by atoms with Crippen molar-refractivity contribution in [2.45, 2.75) is 26.7 Å². The highest BCUT2D eigenvalue weighted by molar-refractivity contribution is 5.97. The predicted octanol–water partition coefficient (Wildman–Crippen LogP) is 1.84. The van der Waals surface area contributed by atoms with Gasteiger partial charge in [-0.15, -0.1) is 0 Å². The van der Waals surface area contributed by atoms with Gasteiger partial charge in [0.1, 0.15) is 17.2 Å². The monoisotopic (exact) mass is 206 g/mol. The van der Waals surface area contributed by atoms with Gasteiger partial charge in [-0.2, -0.15) is 5.10 Å². The first kappa shape index (κ1) is 9.96. The number of hydrogen-bond acceptors (Lipinski definition) is 3. The number of hydrogen-bond donors (Lipinski definition) is 1. The van der Waals surface area contributed by atoms with Gasteiger partial charge in [-0.3, -0.25) is 4.79 Å². The Morgan fingerprint density at radius 1 is 1.53 bits per heavy atom. The van der Waals surface area contributed by atoms with E-state index in [9.17, 15) is 4.79 Å². The topological polar surface area (TPSA) is 54.6 Å². The van der Waals surface area contributed by atoms with Crippen LogP contribution in [-0.2, 0) is 4.79 Å². The van der Waals surface area contributed by atoms with Crippen molar-refractivity contribution in [3.8, 4) is 0 Å². The molecule has 1 aromatic heterocycles. The molecule has 0 atom stereocenters. The van der Waals surface area contributed by atoms with Gasteiger partial charge in [-0.05, 0) is 38.8 Å². The summed E-state index contributed by atoms with van der Waals surface area (Å²) in [5.74, 6) is 1.73. The van der Waals surface area contributed by atoms with Crippen LogP contribution in [0.4, 0.5) is 0 Å². The van der Waals surface area contributed by atoms with Gasteiger partial charge < -0.3 is 4.42 Å². The fourth-order valence-electron chi connectivity index (χ4n) is 1.26. The Kier molecular flexibility index (Phi) is 2.58. The molecule has 1 fully saturated rings. The number of aryl methyl sites for hydroxylation is 1. The molecular weight excluding hydrogens is 192 g/mol. The molecule has 1 aliphatic carbocycles. The van der Waals surface area contributed by atoms with Crippen LogP contribution in [0.2, 0.25) is 0 Å². The molecule has 1 saturated carbocycles. The maximum absolute atomic E-state index is 11.3. The zero-order chi connectivity index (χ0) is 10.8. The van der Waals surface area contributed by atoms with Crippen LogP contribution in [0.25, 0.3) is 0 Å². The highest BCUT2D eigenvalue weighted by Crippen LogP contribution is 2.28. The molecule has 1 amide bonds. The Labute approximate surface area is 88.4 Å². The average molecular weight is 206 g/mol. The lowest BCUT2D eigenvalue weighted by molar-refractivity contribution is -0.122. The molecule has 1 aromatic rings. The van der Waals surface area contributed by atoms with Crippen molar-refractivity contribution in [3.05, 3.63) is 23.7 Å². The Morgan fingerprint density at radius 2 is 2.27 bits per heavy atom. The van der Waals surface area contributed by atoms with Crippen molar-refractivity contribution in [2.75, 3.05) is 0 Å². The summed E-state index contributed by atoms with van der Waals surface area (Å²) in [6.45, 7) is 3.69. The molecule has 0 aliphatic heterocycles. The van der Waals surface area contributed by atoms with E-state index in [-0.39, 0.29) is 11.8 Å². The largest absolute Gasteiger partial charge is 0.460 e. The number of nitrogens with zero attached hydrogens (tertiary/aromatic N) is 1. The Morgan fingerprint density at radius 3 is 2.80 bits per heavy atom. The van der Waals surface area contributed by atoms with E-state index in [0.29, 0.717) is 11.5 Å². The van der Waals surface area contributed by atoms with Gasteiger partial charge in [0.25, 0.3) is 0 Å². The molecule has 80 valence electrons. The van der Waals surface area contributed by atoms with Crippen molar-refractivity contribution in [3.63, 3.8) is 0 Å². The Hall–Kier alpha value is -1.58. The van der Waals surface area contributed by atoms with E-state index < -0.39 is 0 Å². The molecular formula is C11H14N2O2. The normalized spacial score (nSPS) is 16.5. The number of rotatable bonds is 3. The van der Waals surface area contributed by atoms with E-state index in [4.69, 9.17) is 4.42 Å². The van der Waals surface area contributed by atoms with Gasteiger partial charge in [0.05, 0.1) is 0 Å². The first-order valence-corrected chi connectivity index (χ1v) is 5.08. The SMILES string of the molecule is C/C(=N/NC(=O)C1CC1)c1ccc(C)o1. The third-order valence-electron chi connectivity index (χ3n) is 2.38. The summed E-state index contributed by atoms with van der Waals surface area (Å²) in [5.41, 5.74) is 3.23. The number of nitrogens with one attached hydrogen (secondary N) is 1. The summed E-state index contributed by atoms with van der Waals surface area (Å²) in [6, 6.07) is 3.72.